The molecule has 2 fully saturated rings. The van der Waals surface area contributed by atoms with Gasteiger partial charge in [-0.05, 0) is 36.8 Å². The Balaban J connectivity index is 1.73. The zero-order valence-electron chi connectivity index (χ0n) is 9.43. The third-order valence-electron chi connectivity index (χ3n) is 4.03. The molecule has 0 N–H and O–H groups in total. The number of fused-ring (bicyclic) bond motifs is 1. The molecule has 1 saturated heterocycles. The summed E-state index contributed by atoms with van der Waals surface area (Å²) >= 11 is 0. The number of benzene rings is 1. The first-order valence-corrected chi connectivity index (χ1v) is 6.19. The maximum Gasteiger partial charge on any atom is 0.253 e. The molecule has 1 aliphatic carbocycles. The Morgan fingerprint density at radius 3 is 2.31 bits per heavy atom. The molecule has 1 amide bonds. The van der Waals surface area contributed by atoms with Gasteiger partial charge in [-0.3, -0.25) is 4.79 Å². The van der Waals surface area contributed by atoms with Crippen molar-refractivity contribution in [1.29, 1.82) is 0 Å². The highest BCUT2D eigenvalue weighted by molar-refractivity contribution is 5.94. The Morgan fingerprint density at radius 1 is 1.06 bits per heavy atom. The van der Waals surface area contributed by atoms with Gasteiger partial charge < -0.3 is 4.90 Å². The zero-order valence-corrected chi connectivity index (χ0v) is 9.43. The summed E-state index contributed by atoms with van der Waals surface area (Å²) < 4.78 is 0. The van der Waals surface area contributed by atoms with Crippen LogP contribution in [-0.2, 0) is 0 Å². The van der Waals surface area contributed by atoms with E-state index >= 15 is 0 Å². The fraction of sp³-hybridized carbons (Fsp3) is 0.500. The van der Waals surface area contributed by atoms with Crippen LogP contribution in [0.1, 0.15) is 29.6 Å². The van der Waals surface area contributed by atoms with E-state index in [4.69, 9.17) is 0 Å². The van der Waals surface area contributed by atoms with Crippen molar-refractivity contribution in [3.05, 3.63) is 35.9 Å². The van der Waals surface area contributed by atoms with E-state index in [0.29, 0.717) is 0 Å². The fourth-order valence-electron chi connectivity index (χ4n) is 3.16. The molecule has 2 unspecified atom stereocenters. The monoisotopic (exact) mass is 215 g/mol. The second-order valence-electron chi connectivity index (χ2n) is 5.03. The van der Waals surface area contributed by atoms with Crippen LogP contribution in [0, 0.1) is 11.8 Å². The van der Waals surface area contributed by atoms with Gasteiger partial charge in [-0.25, -0.2) is 0 Å². The molecule has 0 bridgehead atoms. The molecule has 3 rings (SSSR count). The van der Waals surface area contributed by atoms with Crippen LogP contribution in [0.5, 0.6) is 0 Å². The number of nitrogens with zero attached hydrogens (tertiary/aromatic N) is 1. The minimum atomic E-state index is 0.218. The average Bonchev–Trinajstić information content (AvgIpc) is 2.89. The average molecular weight is 215 g/mol. The molecule has 2 heteroatoms. The van der Waals surface area contributed by atoms with Crippen LogP contribution in [0.25, 0.3) is 0 Å². The summed E-state index contributed by atoms with van der Waals surface area (Å²) in [5, 5.41) is 0. The van der Waals surface area contributed by atoms with Crippen LogP contribution < -0.4 is 0 Å². The molecule has 1 heterocycles. The molecule has 1 aromatic rings. The van der Waals surface area contributed by atoms with E-state index in [1.807, 2.05) is 35.2 Å². The number of rotatable bonds is 1. The van der Waals surface area contributed by atoms with Crippen LogP contribution in [0.3, 0.4) is 0 Å². The van der Waals surface area contributed by atoms with E-state index in [2.05, 4.69) is 0 Å². The largest absolute Gasteiger partial charge is 0.338 e. The summed E-state index contributed by atoms with van der Waals surface area (Å²) in [5.41, 5.74) is 0.836. The van der Waals surface area contributed by atoms with Crippen LogP contribution in [0.2, 0.25) is 0 Å². The van der Waals surface area contributed by atoms with E-state index in [-0.39, 0.29) is 5.91 Å². The summed E-state index contributed by atoms with van der Waals surface area (Å²) in [5.74, 6) is 1.79. The molecule has 2 nitrogen and oxygen atoms in total. The van der Waals surface area contributed by atoms with Crippen molar-refractivity contribution in [3.63, 3.8) is 0 Å². The highest BCUT2D eigenvalue weighted by Gasteiger charge is 2.38. The molecule has 2 aliphatic rings. The minimum Gasteiger partial charge on any atom is -0.338 e. The predicted molar refractivity (Wildman–Crippen MR) is 63.2 cm³/mol. The highest BCUT2D eigenvalue weighted by atomic mass is 16.2. The zero-order chi connectivity index (χ0) is 11.0. The first-order valence-electron chi connectivity index (χ1n) is 6.19. The summed E-state index contributed by atoms with van der Waals surface area (Å²) in [4.78, 5) is 14.2. The molecule has 0 radical (unpaired) electrons. The number of likely N-dealkylation sites (tertiary alicyclic amines) is 1. The van der Waals surface area contributed by atoms with E-state index < -0.39 is 0 Å². The van der Waals surface area contributed by atoms with Gasteiger partial charge in [-0.1, -0.05) is 24.6 Å². The molecule has 16 heavy (non-hydrogen) atoms. The second-order valence-corrected chi connectivity index (χ2v) is 5.03. The second kappa shape index (κ2) is 3.93. The number of hydrogen-bond donors (Lipinski definition) is 0. The molecular formula is C14H17NO. The molecular weight excluding hydrogens is 198 g/mol. The standard InChI is InChI=1S/C14H17NO/c16-14(11-5-2-1-3-6-11)15-9-12-7-4-8-13(12)10-15/h1-3,5-6,12-13H,4,7-10H2. The molecule has 1 aromatic carbocycles. The number of carbonyl (C=O) groups is 1. The van der Waals surface area contributed by atoms with Crippen molar-refractivity contribution in [3.8, 4) is 0 Å². The Bertz CT molecular complexity index is 375. The van der Waals surface area contributed by atoms with Crippen molar-refractivity contribution in [2.45, 2.75) is 19.3 Å². The van der Waals surface area contributed by atoms with Gasteiger partial charge in [0.2, 0.25) is 0 Å². The van der Waals surface area contributed by atoms with Gasteiger partial charge in [-0.15, -0.1) is 0 Å². The lowest BCUT2D eigenvalue weighted by molar-refractivity contribution is 0.0780. The highest BCUT2D eigenvalue weighted by Crippen LogP contribution is 2.38. The Morgan fingerprint density at radius 2 is 1.69 bits per heavy atom. The number of hydrogen-bond acceptors (Lipinski definition) is 1. The Labute approximate surface area is 96.3 Å². The van der Waals surface area contributed by atoms with Crippen molar-refractivity contribution in [2.24, 2.45) is 11.8 Å². The quantitative estimate of drug-likeness (QED) is 0.705. The van der Waals surface area contributed by atoms with Gasteiger partial charge >= 0.3 is 0 Å². The van der Waals surface area contributed by atoms with Crippen molar-refractivity contribution in [2.75, 3.05) is 13.1 Å². The molecule has 1 saturated carbocycles. The number of carbonyl (C=O) groups excluding carboxylic acids is 1. The van der Waals surface area contributed by atoms with Crippen molar-refractivity contribution >= 4 is 5.91 Å². The van der Waals surface area contributed by atoms with Crippen molar-refractivity contribution < 1.29 is 4.79 Å². The SMILES string of the molecule is O=C(c1ccccc1)N1CC2CCCC2C1. The minimum absolute atomic E-state index is 0.218. The summed E-state index contributed by atoms with van der Waals surface area (Å²) in [6.07, 6.45) is 4.01. The van der Waals surface area contributed by atoms with Gasteiger partial charge in [0.25, 0.3) is 5.91 Å². The fourth-order valence-corrected chi connectivity index (χ4v) is 3.16. The maximum absolute atomic E-state index is 12.2. The molecule has 0 aromatic heterocycles. The lowest BCUT2D eigenvalue weighted by Gasteiger charge is -2.17. The number of amides is 1. The van der Waals surface area contributed by atoms with Gasteiger partial charge in [0.15, 0.2) is 0 Å². The molecule has 1 aliphatic heterocycles. The Kier molecular flexibility index (Phi) is 2.43. The Hall–Kier alpha value is -1.31. The third kappa shape index (κ3) is 1.62. The van der Waals surface area contributed by atoms with Crippen LogP contribution in [0.4, 0.5) is 0 Å². The van der Waals surface area contributed by atoms with Gasteiger partial charge in [0.1, 0.15) is 0 Å². The van der Waals surface area contributed by atoms with E-state index in [1.54, 1.807) is 0 Å². The van der Waals surface area contributed by atoms with E-state index in [1.165, 1.54) is 19.3 Å². The van der Waals surface area contributed by atoms with E-state index in [9.17, 15) is 4.79 Å². The van der Waals surface area contributed by atoms with Gasteiger partial charge in [0.05, 0.1) is 0 Å². The van der Waals surface area contributed by atoms with E-state index in [0.717, 1.165) is 30.5 Å². The lowest BCUT2D eigenvalue weighted by Crippen LogP contribution is -2.29. The third-order valence-corrected chi connectivity index (χ3v) is 4.03. The van der Waals surface area contributed by atoms with Crippen LogP contribution >= 0.6 is 0 Å². The summed E-state index contributed by atoms with van der Waals surface area (Å²) in [6.45, 7) is 1.97. The summed E-state index contributed by atoms with van der Waals surface area (Å²) in [7, 11) is 0. The van der Waals surface area contributed by atoms with Gasteiger partial charge in [0, 0.05) is 18.7 Å². The van der Waals surface area contributed by atoms with Crippen LogP contribution in [0.15, 0.2) is 30.3 Å². The maximum atomic E-state index is 12.2. The van der Waals surface area contributed by atoms with Crippen LogP contribution in [-0.4, -0.2) is 23.9 Å². The first-order chi connectivity index (χ1) is 7.84. The predicted octanol–water partition coefficient (Wildman–Crippen LogP) is 2.56. The summed E-state index contributed by atoms with van der Waals surface area (Å²) in [6, 6.07) is 9.65. The topological polar surface area (TPSA) is 20.3 Å². The normalized spacial score (nSPS) is 28.1. The van der Waals surface area contributed by atoms with Gasteiger partial charge in [-0.2, -0.15) is 0 Å². The van der Waals surface area contributed by atoms with Crippen molar-refractivity contribution in [1.82, 2.24) is 4.90 Å². The molecule has 84 valence electrons. The smallest absolute Gasteiger partial charge is 0.253 e. The molecule has 2 atom stereocenters. The first kappa shape index (κ1) is 9.88. The molecule has 0 spiro atoms. The lowest BCUT2D eigenvalue weighted by atomic mass is 10.0.